The summed E-state index contributed by atoms with van der Waals surface area (Å²) in [4.78, 5) is 0. The summed E-state index contributed by atoms with van der Waals surface area (Å²) in [5.41, 5.74) is 1.42. The van der Waals surface area contributed by atoms with Gasteiger partial charge in [-0.15, -0.1) is 10.2 Å². The molecule has 0 fully saturated rings. The van der Waals surface area contributed by atoms with Crippen LogP contribution in [-0.2, 0) is 0 Å². The van der Waals surface area contributed by atoms with E-state index in [1.165, 1.54) is 12.1 Å². The van der Waals surface area contributed by atoms with Gasteiger partial charge in [0.2, 0.25) is 0 Å². The average Bonchev–Trinajstić information content (AvgIpc) is 2.46. The first-order valence-electron chi connectivity index (χ1n) is 5.98. The molecule has 1 heterocycles. The van der Waals surface area contributed by atoms with Crippen LogP contribution in [0.1, 0.15) is 0 Å². The highest BCUT2D eigenvalue weighted by atomic mass is 19.1. The van der Waals surface area contributed by atoms with Crippen LogP contribution >= 0.6 is 0 Å². The monoisotopic (exact) mass is 253 g/mol. The SMILES string of the molecule is CNc1nnc(-c2cccc(F)c2)c2ccccc12. The van der Waals surface area contributed by atoms with Crippen molar-refractivity contribution in [2.24, 2.45) is 0 Å². The third-order valence-electron chi connectivity index (χ3n) is 3.02. The fraction of sp³-hybridized carbons (Fsp3) is 0.0667. The molecule has 3 aromatic rings. The predicted octanol–water partition coefficient (Wildman–Crippen LogP) is 3.48. The molecule has 0 radical (unpaired) electrons. The molecule has 3 rings (SSSR count). The predicted molar refractivity (Wildman–Crippen MR) is 74.5 cm³/mol. The second-order valence-electron chi connectivity index (χ2n) is 4.20. The number of nitrogens with one attached hydrogen (secondary N) is 1. The van der Waals surface area contributed by atoms with Gasteiger partial charge in [-0.05, 0) is 12.1 Å². The molecule has 0 spiro atoms. The highest BCUT2D eigenvalue weighted by molar-refractivity contribution is 5.99. The molecule has 0 aliphatic heterocycles. The summed E-state index contributed by atoms with van der Waals surface area (Å²) < 4.78 is 13.3. The highest BCUT2D eigenvalue weighted by Crippen LogP contribution is 2.29. The van der Waals surface area contributed by atoms with Crippen molar-refractivity contribution >= 4 is 16.6 Å². The number of hydrogen-bond acceptors (Lipinski definition) is 3. The van der Waals surface area contributed by atoms with E-state index < -0.39 is 0 Å². The molecule has 0 atom stereocenters. The molecular formula is C15H12FN3. The summed E-state index contributed by atoms with van der Waals surface area (Å²) in [7, 11) is 1.80. The fourth-order valence-corrected chi connectivity index (χ4v) is 2.14. The molecule has 1 aromatic heterocycles. The quantitative estimate of drug-likeness (QED) is 0.759. The number of hydrogen-bond donors (Lipinski definition) is 1. The van der Waals surface area contributed by atoms with Crippen molar-refractivity contribution in [2.45, 2.75) is 0 Å². The minimum atomic E-state index is -0.277. The lowest BCUT2D eigenvalue weighted by Gasteiger charge is -2.08. The Labute approximate surface area is 110 Å². The normalized spacial score (nSPS) is 10.6. The number of rotatable bonds is 2. The summed E-state index contributed by atoms with van der Waals surface area (Å²) in [6.07, 6.45) is 0. The number of nitrogens with zero attached hydrogens (tertiary/aromatic N) is 2. The Morgan fingerprint density at radius 1 is 0.947 bits per heavy atom. The second kappa shape index (κ2) is 4.65. The molecule has 94 valence electrons. The van der Waals surface area contributed by atoms with E-state index in [4.69, 9.17) is 0 Å². The van der Waals surface area contributed by atoms with Crippen molar-refractivity contribution in [3.63, 3.8) is 0 Å². The van der Waals surface area contributed by atoms with Crippen LogP contribution in [0.4, 0.5) is 10.2 Å². The van der Waals surface area contributed by atoms with Crippen molar-refractivity contribution in [3.8, 4) is 11.3 Å². The summed E-state index contributed by atoms with van der Waals surface area (Å²) in [5.74, 6) is 0.442. The van der Waals surface area contributed by atoms with E-state index in [-0.39, 0.29) is 5.82 Å². The maximum atomic E-state index is 13.3. The Hall–Kier alpha value is -2.49. The van der Waals surface area contributed by atoms with Crippen LogP contribution in [-0.4, -0.2) is 17.2 Å². The molecule has 2 aromatic carbocycles. The van der Waals surface area contributed by atoms with Gasteiger partial charge in [0.25, 0.3) is 0 Å². The lowest BCUT2D eigenvalue weighted by atomic mass is 10.0. The summed E-state index contributed by atoms with van der Waals surface area (Å²) in [6.45, 7) is 0. The van der Waals surface area contributed by atoms with Crippen molar-refractivity contribution in [1.29, 1.82) is 0 Å². The van der Waals surface area contributed by atoms with Gasteiger partial charge in [0.15, 0.2) is 5.82 Å². The van der Waals surface area contributed by atoms with Crippen molar-refractivity contribution in [3.05, 3.63) is 54.3 Å². The molecule has 0 amide bonds. The Balaban J connectivity index is 2.31. The third kappa shape index (κ3) is 2.01. The van der Waals surface area contributed by atoms with Crippen LogP contribution in [0, 0.1) is 5.82 Å². The van der Waals surface area contributed by atoms with E-state index >= 15 is 0 Å². The first-order valence-corrected chi connectivity index (χ1v) is 5.98. The largest absolute Gasteiger partial charge is 0.371 e. The average molecular weight is 253 g/mol. The van der Waals surface area contributed by atoms with E-state index in [0.29, 0.717) is 5.69 Å². The van der Waals surface area contributed by atoms with Gasteiger partial charge in [0.05, 0.1) is 0 Å². The molecule has 19 heavy (non-hydrogen) atoms. The van der Waals surface area contributed by atoms with E-state index in [2.05, 4.69) is 15.5 Å². The number of benzene rings is 2. The van der Waals surface area contributed by atoms with Crippen LogP contribution in [0.3, 0.4) is 0 Å². The number of fused-ring (bicyclic) bond motifs is 1. The zero-order chi connectivity index (χ0) is 13.2. The van der Waals surface area contributed by atoms with Crippen molar-refractivity contribution in [2.75, 3.05) is 12.4 Å². The Kier molecular flexibility index (Phi) is 2.83. The first kappa shape index (κ1) is 11.6. The Bertz CT molecular complexity index is 740. The van der Waals surface area contributed by atoms with Crippen LogP contribution in [0.5, 0.6) is 0 Å². The molecule has 0 saturated heterocycles. The second-order valence-corrected chi connectivity index (χ2v) is 4.20. The minimum absolute atomic E-state index is 0.277. The standard InChI is InChI=1S/C15H12FN3/c1-17-15-13-8-3-2-7-12(13)14(18-19-15)10-5-4-6-11(16)9-10/h2-9H,1H3,(H,17,19). The minimum Gasteiger partial charge on any atom is -0.371 e. The van der Waals surface area contributed by atoms with Crippen molar-refractivity contribution < 1.29 is 4.39 Å². The lowest BCUT2D eigenvalue weighted by molar-refractivity contribution is 0.628. The van der Waals surface area contributed by atoms with Crippen LogP contribution in [0.15, 0.2) is 48.5 Å². The van der Waals surface area contributed by atoms with Gasteiger partial charge in [-0.2, -0.15) is 0 Å². The third-order valence-corrected chi connectivity index (χ3v) is 3.02. The maximum absolute atomic E-state index is 13.3. The number of anilines is 1. The van der Waals surface area contributed by atoms with E-state index in [1.54, 1.807) is 13.1 Å². The molecule has 0 aliphatic carbocycles. The Morgan fingerprint density at radius 3 is 2.47 bits per heavy atom. The van der Waals surface area contributed by atoms with E-state index in [9.17, 15) is 4.39 Å². The van der Waals surface area contributed by atoms with Gasteiger partial charge in [0.1, 0.15) is 11.5 Å². The Morgan fingerprint density at radius 2 is 1.74 bits per heavy atom. The molecule has 4 heteroatoms. The summed E-state index contributed by atoms with van der Waals surface area (Å²) in [6, 6.07) is 14.2. The summed E-state index contributed by atoms with van der Waals surface area (Å²) >= 11 is 0. The number of aromatic nitrogens is 2. The van der Waals surface area contributed by atoms with Gasteiger partial charge in [-0.3, -0.25) is 0 Å². The van der Waals surface area contributed by atoms with Gasteiger partial charge >= 0.3 is 0 Å². The molecule has 1 N–H and O–H groups in total. The number of halogens is 1. The highest BCUT2D eigenvalue weighted by Gasteiger charge is 2.10. The van der Waals surface area contributed by atoms with Crippen LogP contribution in [0.25, 0.3) is 22.0 Å². The zero-order valence-corrected chi connectivity index (χ0v) is 10.4. The van der Waals surface area contributed by atoms with Gasteiger partial charge in [-0.1, -0.05) is 36.4 Å². The van der Waals surface area contributed by atoms with E-state index in [1.807, 2.05) is 30.3 Å². The molecule has 0 aliphatic rings. The maximum Gasteiger partial charge on any atom is 0.156 e. The van der Waals surface area contributed by atoms with Gasteiger partial charge < -0.3 is 5.32 Å². The van der Waals surface area contributed by atoms with E-state index in [0.717, 1.165) is 22.2 Å². The molecule has 0 bridgehead atoms. The molecule has 0 unspecified atom stereocenters. The van der Waals surface area contributed by atoms with Crippen LogP contribution in [0.2, 0.25) is 0 Å². The zero-order valence-electron chi connectivity index (χ0n) is 10.4. The smallest absolute Gasteiger partial charge is 0.156 e. The van der Waals surface area contributed by atoms with Gasteiger partial charge in [-0.25, -0.2) is 4.39 Å². The van der Waals surface area contributed by atoms with Crippen molar-refractivity contribution in [1.82, 2.24) is 10.2 Å². The van der Waals surface area contributed by atoms with Gasteiger partial charge in [0, 0.05) is 23.4 Å². The first-order chi connectivity index (χ1) is 9.29. The lowest BCUT2D eigenvalue weighted by Crippen LogP contribution is -1.98. The van der Waals surface area contributed by atoms with Crippen LogP contribution < -0.4 is 5.32 Å². The molecule has 0 saturated carbocycles. The molecule has 3 nitrogen and oxygen atoms in total. The fourth-order valence-electron chi connectivity index (χ4n) is 2.14. The summed E-state index contributed by atoms with van der Waals surface area (Å²) in [5, 5.41) is 13.3. The topological polar surface area (TPSA) is 37.8 Å². The molecular weight excluding hydrogens is 241 g/mol.